The fourth-order valence-corrected chi connectivity index (χ4v) is 2.87. The van der Waals surface area contributed by atoms with Crippen LogP contribution in [0.3, 0.4) is 0 Å². The second-order valence-electron chi connectivity index (χ2n) is 4.79. The minimum atomic E-state index is -0.318. The summed E-state index contributed by atoms with van der Waals surface area (Å²) in [5, 5.41) is 17.6. The summed E-state index contributed by atoms with van der Waals surface area (Å²) in [7, 11) is 0. The van der Waals surface area contributed by atoms with Gasteiger partial charge in [-0.3, -0.25) is 5.32 Å². The van der Waals surface area contributed by atoms with Crippen molar-refractivity contribution in [2.45, 2.75) is 11.8 Å². The smallest absolute Gasteiger partial charge is 0.320 e. The van der Waals surface area contributed by atoms with Crippen LogP contribution in [0.15, 0.2) is 23.2 Å². The van der Waals surface area contributed by atoms with Crippen LogP contribution in [0.5, 0.6) is 0 Å². The lowest BCUT2D eigenvalue weighted by molar-refractivity contribution is 0.252. The first-order chi connectivity index (χ1) is 12.1. The number of aromatic nitrogens is 3. The molecule has 0 aromatic carbocycles. The molecule has 0 unspecified atom stereocenters. The van der Waals surface area contributed by atoms with E-state index in [1.807, 2.05) is 13.2 Å². The van der Waals surface area contributed by atoms with Crippen LogP contribution in [0.1, 0.15) is 6.92 Å². The lowest BCUT2D eigenvalue weighted by Gasteiger charge is -2.12. The maximum atomic E-state index is 11.5. The summed E-state index contributed by atoms with van der Waals surface area (Å²) >= 11 is 7.66. The molecule has 0 bridgehead atoms. The highest BCUT2D eigenvalue weighted by Gasteiger charge is 2.14. The van der Waals surface area contributed by atoms with Crippen LogP contribution < -0.4 is 16.0 Å². The second-order valence-corrected chi connectivity index (χ2v) is 5.96. The van der Waals surface area contributed by atoms with Crippen molar-refractivity contribution in [1.82, 2.24) is 20.3 Å². The van der Waals surface area contributed by atoms with E-state index in [1.165, 1.54) is 11.8 Å². The van der Waals surface area contributed by atoms with E-state index in [2.05, 4.69) is 30.9 Å². The molecule has 0 aliphatic heterocycles. The molecule has 4 N–H and O–H groups in total. The maximum Gasteiger partial charge on any atom is 0.320 e. The zero-order chi connectivity index (χ0) is 18.2. The Labute approximate surface area is 154 Å². The van der Waals surface area contributed by atoms with Crippen LogP contribution in [0.2, 0.25) is 5.15 Å². The molecule has 10 heteroatoms. The number of hydrogen-bond donors (Lipinski definition) is 4. The monoisotopic (exact) mass is 382 g/mol. The summed E-state index contributed by atoms with van der Waals surface area (Å²) in [4.78, 5) is 25.1. The van der Waals surface area contributed by atoms with Crippen LogP contribution in [-0.4, -0.2) is 52.0 Å². The van der Waals surface area contributed by atoms with Gasteiger partial charge in [0.15, 0.2) is 5.82 Å². The van der Waals surface area contributed by atoms with E-state index in [-0.39, 0.29) is 12.6 Å². The standard InChI is InChI=1S/C15H19ClN6O2S/c1-3-17-15(24)20-10-5-4-9(8-19-10)13-21-12(16)11(25-2)14(22-13)18-6-7-23/h4-5,8,23H,3,6-7H2,1-2H3,(H,18,21,22)(H2,17,19,20,24). The van der Waals surface area contributed by atoms with Gasteiger partial charge in [-0.05, 0) is 25.3 Å². The zero-order valence-electron chi connectivity index (χ0n) is 13.8. The van der Waals surface area contributed by atoms with E-state index in [1.54, 1.807) is 18.3 Å². The van der Waals surface area contributed by atoms with Crippen molar-refractivity contribution in [2.24, 2.45) is 0 Å². The Bertz CT molecular complexity index is 729. The summed E-state index contributed by atoms with van der Waals surface area (Å²) in [5.41, 5.74) is 0.656. The molecule has 0 saturated heterocycles. The van der Waals surface area contributed by atoms with Crippen molar-refractivity contribution < 1.29 is 9.90 Å². The minimum Gasteiger partial charge on any atom is -0.395 e. The minimum absolute atomic E-state index is 0.0213. The molecular formula is C15H19ClN6O2S. The molecule has 8 nitrogen and oxygen atoms in total. The number of nitrogens with one attached hydrogen (secondary N) is 3. The molecule has 0 aliphatic rings. The Morgan fingerprint density at radius 1 is 1.36 bits per heavy atom. The number of aliphatic hydroxyl groups excluding tert-OH is 1. The average Bonchev–Trinajstić information content (AvgIpc) is 2.60. The molecule has 25 heavy (non-hydrogen) atoms. The maximum absolute atomic E-state index is 11.5. The lowest BCUT2D eigenvalue weighted by Crippen LogP contribution is -2.28. The first kappa shape index (κ1) is 19.2. The molecule has 2 rings (SSSR count). The third-order valence-corrected chi connectivity index (χ3v) is 4.21. The predicted octanol–water partition coefficient (Wildman–Crippen LogP) is 2.46. The van der Waals surface area contributed by atoms with E-state index in [4.69, 9.17) is 16.7 Å². The van der Waals surface area contributed by atoms with Crippen LogP contribution in [0.4, 0.5) is 16.4 Å². The molecule has 0 fully saturated rings. The molecule has 2 aromatic rings. The second kappa shape index (κ2) is 9.40. The van der Waals surface area contributed by atoms with Gasteiger partial charge in [-0.25, -0.2) is 19.7 Å². The highest BCUT2D eigenvalue weighted by atomic mass is 35.5. The SMILES string of the molecule is CCNC(=O)Nc1ccc(-c2nc(Cl)c(SC)c(NCCO)n2)cn1. The molecule has 0 spiro atoms. The van der Waals surface area contributed by atoms with Crippen molar-refractivity contribution in [2.75, 3.05) is 36.6 Å². The first-order valence-corrected chi connectivity index (χ1v) is 9.16. The Balaban J connectivity index is 2.25. The molecule has 2 aromatic heterocycles. The molecule has 134 valence electrons. The van der Waals surface area contributed by atoms with Gasteiger partial charge < -0.3 is 15.7 Å². The third-order valence-electron chi connectivity index (χ3n) is 3.03. The summed E-state index contributed by atoms with van der Waals surface area (Å²) in [6, 6.07) is 3.09. The van der Waals surface area contributed by atoms with Gasteiger partial charge in [-0.2, -0.15) is 0 Å². The summed E-state index contributed by atoms with van der Waals surface area (Å²) in [5.74, 6) is 1.38. The third kappa shape index (κ3) is 5.18. The van der Waals surface area contributed by atoms with Gasteiger partial charge in [0.1, 0.15) is 16.8 Å². The van der Waals surface area contributed by atoms with Crippen LogP contribution in [0.25, 0.3) is 11.4 Å². The van der Waals surface area contributed by atoms with Gasteiger partial charge in [0.25, 0.3) is 0 Å². The number of rotatable bonds is 7. The molecule has 0 saturated carbocycles. The zero-order valence-corrected chi connectivity index (χ0v) is 15.4. The first-order valence-electron chi connectivity index (χ1n) is 7.56. The Kier molecular flexibility index (Phi) is 7.23. The number of urea groups is 1. The number of halogens is 1. The number of thioether (sulfide) groups is 1. The molecule has 0 atom stereocenters. The summed E-state index contributed by atoms with van der Waals surface area (Å²) in [6.45, 7) is 2.69. The molecule has 2 amide bonds. The number of nitrogens with zero attached hydrogens (tertiary/aromatic N) is 3. The van der Waals surface area contributed by atoms with Crippen molar-refractivity contribution >= 4 is 41.0 Å². The summed E-state index contributed by atoms with van der Waals surface area (Å²) < 4.78 is 0. The van der Waals surface area contributed by atoms with E-state index >= 15 is 0 Å². The Morgan fingerprint density at radius 2 is 2.16 bits per heavy atom. The quantitative estimate of drug-likeness (QED) is 0.429. The van der Waals surface area contributed by atoms with Gasteiger partial charge in [-0.1, -0.05) is 11.6 Å². The van der Waals surface area contributed by atoms with Crippen LogP contribution in [-0.2, 0) is 0 Å². The highest BCUT2D eigenvalue weighted by molar-refractivity contribution is 7.98. The van der Waals surface area contributed by atoms with Crippen molar-refractivity contribution in [1.29, 1.82) is 0 Å². The fourth-order valence-electron chi connectivity index (χ4n) is 1.95. The van der Waals surface area contributed by atoms with Crippen LogP contribution >= 0.6 is 23.4 Å². The predicted molar refractivity (Wildman–Crippen MR) is 100 cm³/mol. The number of hydrogen-bond acceptors (Lipinski definition) is 7. The van der Waals surface area contributed by atoms with Gasteiger partial charge in [0.2, 0.25) is 0 Å². The number of carbonyl (C=O) groups is 1. The van der Waals surface area contributed by atoms with Gasteiger partial charge in [-0.15, -0.1) is 11.8 Å². The topological polar surface area (TPSA) is 112 Å². The number of pyridine rings is 1. The van der Waals surface area contributed by atoms with Crippen LogP contribution in [0, 0.1) is 0 Å². The van der Waals surface area contributed by atoms with Crippen molar-refractivity contribution in [3.05, 3.63) is 23.5 Å². The van der Waals surface area contributed by atoms with Crippen molar-refractivity contribution in [3.63, 3.8) is 0 Å². The highest BCUT2D eigenvalue weighted by Crippen LogP contribution is 2.32. The van der Waals surface area contributed by atoms with Gasteiger partial charge in [0.05, 0.1) is 11.5 Å². The largest absolute Gasteiger partial charge is 0.395 e. The average molecular weight is 383 g/mol. The number of anilines is 2. The van der Waals surface area contributed by atoms with Gasteiger partial charge in [0, 0.05) is 24.8 Å². The number of amides is 2. The van der Waals surface area contributed by atoms with E-state index in [9.17, 15) is 4.79 Å². The molecule has 0 radical (unpaired) electrons. The number of aliphatic hydroxyl groups is 1. The lowest BCUT2D eigenvalue weighted by atomic mass is 10.2. The fraction of sp³-hybridized carbons (Fsp3) is 0.333. The Morgan fingerprint density at radius 3 is 2.76 bits per heavy atom. The normalized spacial score (nSPS) is 10.4. The van der Waals surface area contributed by atoms with Crippen molar-refractivity contribution in [3.8, 4) is 11.4 Å². The van der Waals surface area contributed by atoms with E-state index in [0.29, 0.717) is 46.2 Å². The number of carbonyl (C=O) groups excluding carboxylic acids is 1. The summed E-state index contributed by atoms with van der Waals surface area (Å²) in [6.07, 6.45) is 3.43. The van der Waals surface area contributed by atoms with E-state index < -0.39 is 0 Å². The molecule has 2 heterocycles. The van der Waals surface area contributed by atoms with E-state index in [0.717, 1.165) is 0 Å². The Hall–Kier alpha value is -2.10. The van der Waals surface area contributed by atoms with Gasteiger partial charge >= 0.3 is 6.03 Å². The molecular weight excluding hydrogens is 364 g/mol. The molecule has 0 aliphatic carbocycles.